The standard InChI is InChI=1S/C9H9FO3/c1-5(11)8-7(13-2)4-3-6(12)9(8)10/h3-4,12H,1-2H3. The van der Waals surface area contributed by atoms with Crippen LogP contribution in [0.3, 0.4) is 0 Å². The third-order valence-corrected chi connectivity index (χ3v) is 1.66. The van der Waals surface area contributed by atoms with Crippen LogP contribution in [-0.2, 0) is 0 Å². The number of hydrogen-bond acceptors (Lipinski definition) is 3. The molecule has 1 aromatic carbocycles. The number of halogens is 1. The van der Waals surface area contributed by atoms with Crippen molar-refractivity contribution in [1.82, 2.24) is 0 Å². The van der Waals surface area contributed by atoms with Crippen molar-refractivity contribution in [3.05, 3.63) is 23.5 Å². The Hall–Kier alpha value is -1.58. The number of hydrogen-bond donors (Lipinski definition) is 1. The first-order valence-corrected chi connectivity index (χ1v) is 3.64. The summed E-state index contributed by atoms with van der Waals surface area (Å²) in [5.74, 6) is -1.84. The number of methoxy groups -OCH3 is 1. The lowest BCUT2D eigenvalue weighted by Crippen LogP contribution is -2.01. The van der Waals surface area contributed by atoms with Gasteiger partial charge in [-0.15, -0.1) is 0 Å². The monoisotopic (exact) mass is 184 g/mol. The number of aromatic hydroxyl groups is 1. The van der Waals surface area contributed by atoms with Crippen molar-refractivity contribution < 1.29 is 19.0 Å². The molecule has 0 radical (unpaired) electrons. The first-order valence-electron chi connectivity index (χ1n) is 3.64. The van der Waals surface area contributed by atoms with Crippen LogP contribution in [0.25, 0.3) is 0 Å². The highest BCUT2D eigenvalue weighted by Gasteiger charge is 2.17. The SMILES string of the molecule is COc1ccc(O)c(F)c1C(C)=O. The predicted molar refractivity (Wildman–Crippen MR) is 44.6 cm³/mol. The Kier molecular flexibility index (Phi) is 2.51. The number of phenols is 1. The van der Waals surface area contributed by atoms with E-state index in [0.29, 0.717) is 0 Å². The molecule has 0 amide bonds. The zero-order valence-electron chi connectivity index (χ0n) is 7.30. The van der Waals surface area contributed by atoms with Crippen molar-refractivity contribution in [2.75, 3.05) is 7.11 Å². The predicted octanol–water partition coefficient (Wildman–Crippen LogP) is 1.74. The summed E-state index contributed by atoms with van der Waals surface area (Å²) in [6, 6.07) is 2.48. The Bertz CT molecular complexity index is 347. The fourth-order valence-electron chi connectivity index (χ4n) is 1.05. The molecule has 0 bridgehead atoms. The number of Topliss-reactive ketones (excluding diaryl/α,β-unsaturated/α-hetero) is 1. The lowest BCUT2D eigenvalue weighted by atomic mass is 10.1. The van der Waals surface area contributed by atoms with Gasteiger partial charge in [0.1, 0.15) is 5.75 Å². The number of phenolic OH excluding ortho intramolecular Hbond substituents is 1. The van der Waals surface area contributed by atoms with Gasteiger partial charge in [0.25, 0.3) is 0 Å². The molecule has 70 valence electrons. The van der Waals surface area contributed by atoms with Crippen molar-refractivity contribution in [1.29, 1.82) is 0 Å². The van der Waals surface area contributed by atoms with Gasteiger partial charge in [-0.1, -0.05) is 0 Å². The van der Waals surface area contributed by atoms with Gasteiger partial charge in [-0.05, 0) is 19.1 Å². The fourth-order valence-corrected chi connectivity index (χ4v) is 1.05. The highest BCUT2D eigenvalue weighted by Crippen LogP contribution is 2.28. The molecule has 0 aliphatic rings. The minimum atomic E-state index is -0.938. The van der Waals surface area contributed by atoms with Crippen LogP contribution < -0.4 is 4.74 Å². The molecule has 1 N–H and O–H groups in total. The third kappa shape index (κ3) is 1.61. The van der Waals surface area contributed by atoms with Crippen molar-refractivity contribution in [3.63, 3.8) is 0 Å². The molecule has 0 unspecified atom stereocenters. The first-order chi connectivity index (χ1) is 6.07. The van der Waals surface area contributed by atoms with Crippen LogP contribution >= 0.6 is 0 Å². The van der Waals surface area contributed by atoms with E-state index in [9.17, 15) is 9.18 Å². The molecule has 4 heteroatoms. The van der Waals surface area contributed by atoms with Crippen LogP contribution in [-0.4, -0.2) is 18.0 Å². The van der Waals surface area contributed by atoms with Gasteiger partial charge in [0, 0.05) is 0 Å². The second kappa shape index (κ2) is 3.43. The summed E-state index contributed by atoms with van der Waals surface area (Å²) in [7, 11) is 1.33. The van der Waals surface area contributed by atoms with E-state index in [-0.39, 0.29) is 11.3 Å². The van der Waals surface area contributed by atoms with Crippen molar-refractivity contribution >= 4 is 5.78 Å². The number of carbonyl (C=O) groups is 1. The maximum absolute atomic E-state index is 13.1. The Morgan fingerprint density at radius 1 is 1.54 bits per heavy atom. The molecular formula is C9H9FO3. The van der Waals surface area contributed by atoms with Crippen LogP contribution in [0.5, 0.6) is 11.5 Å². The average molecular weight is 184 g/mol. The van der Waals surface area contributed by atoms with Gasteiger partial charge in [0.15, 0.2) is 17.3 Å². The van der Waals surface area contributed by atoms with E-state index in [1.54, 1.807) is 0 Å². The van der Waals surface area contributed by atoms with Crippen LogP contribution in [0.4, 0.5) is 4.39 Å². The molecule has 0 aliphatic carbocycles. The number of carbonyl (C=O) groups excluding carboxylic acids is 1. The largest absolute Gasteiger partial charge is 0.505 e. The molecule has 1 aromatic rings. The Morgan fingerprint density at radius 2 is 2.15 bits per heavy atom. The molecule has 0 heterocycles. The van der Waals surface area contributed by atoms with E-state index < -0.39 is 17.3 Å². The first kappa shape index (κ1) is 9.51. The van der Waals surface area contributed by atoms with Gasteiger partial charge < -0.3 is 9.84 Å². The fraction of sp³-hybridized carbons (Fsp3) is 0.222. The number of ketones is 1. The van der Waals surface area contributed by atoms with E-state index in [1.165, 1.54) is 20.1 Å². The third-order valence-electron chi connectivity index (χ3n) is 1.66. The summed E-state index contributed by atoms with van der Waals surface area (Å²) in [6.07, 6.45) is 0. The Labute approximate surface area is 74.8 Å². The smallest absolute Gasteiger partial charge is 0.179 e. The highest BCUT2D eigenvalue weighted by atomic mass is 19.1. The van der Waals surface area contributed by atoms with Crippen LogP contribution in [0.2, 0.25) is 0 Å². The van der Waals surface area contributed by atoms with Crippen molar-refractivity contribution in [3.8, 4) is 11.5 Å². The van der Waals surface area contributed by atoms with Gasteiger partial charge in [0.05, 0.1) is 12.7 Å². The van der Waals surface area contributed by atoms with Crippen molar-refractivity contribution in [2.45, 2.75) is 6.92 Å². The normalized spacial score (nSPS) is 9.77. The molecule has 0 aromatic heterocycles. The maximum Gasteiger partial charge on any atom is 0.179 e. The molecule has 0 atom stereocenters. The van der Waals surface area contributed by atoms with E-state index in [2.05, 4.69) is 0 Å². The summed E-state index contributed by atoms with van der Waals surface area (Å²) in [5, 5.41) is 8.99. The van der Waals surface area contributed by atoms with E-state index in [0.717, 1.165) is 6.07 Å². The molecule has 0 aliphatic heterocycles. The number of ether oxygens (including phenoxy) is 1. The van der Waals surface area contributed by atoms with Gasteiger partial charge in [-0.2, -0.15) is 0 Å². The van der Waals surface area contributed by atoms with Gasteiger partial charge in [-0.25, -0.2) is 4.39 Å². The maximum atomic E-state index is 13.1. The summed E-state index contributed by atoms with van der Waals surface area (Å²) in [4.78, 5) is 11.0. The highest BCUT2D eigenvalue weighted by molar-refractivity contribution is 5.97. The second-order valence-corrected chi connectivity index (χ2v) is 2.53. The zero-order valence-corrected chi connectivity index (χ0v) is 7.30. The molecule has 0 saturated heterocycles. The molecule has 0 spiro atoms. The minimum absolute atomic E-state index is 0.128. The van der Waals surface area contributed by atoms with Gasteiger partial charge >= 0.3 is 0 Å². The van der Waals surface area contributed by atoms with E-state index in [1.807, 2.05) is 0 Å². The second-order valence-electron chi connectivity index (χ2n) is 2.53. The molecule has 0 fully saturated rings. The van der Waals surface area contributed by atoms with Gasteiger partial charge in [-0.3, -0.25) is 4.79 Å². The molecular weight excluding hydrogens is 175 g/mol. The lowest BCUT2D eigenvalue weighted by Gasteiger charge is -2.07. The molecule has 0 saturated carbocycles. The van der Waals surface area contributed by atoms with Crippen LogP contribution in [0.15, 0.2) is 12.1 Å². The molecule has 3 nitrogen and oxygen atoms in total. The number of rotatable bonds is 2. The Balaban J connectivity index is 3.41. The Morgan fingerprint density at radius 3 is 2.62 bits per heavy atom. The average Bonchev–Trinajstić information content (AvgIpc) is 2.08. The zero-order chi connectivity index (χ0) is 10.0. The van der Waals surface area contributed by atoms with Crippen molar-refractivity contribution in [2.24, 2.45) is 0 Å². The molecule has 1 rings (SSSR count). The summed E-state index contributed by atoms with van der Waals surface area (Å²) in [6.45, 7) is 1.21. The lowest BCUT2D eigenvalue weighted by molar-refractivity contribution is 0.101. The van der Waals surface area contributed by atoms with Crippen LogP contribution in [0, 0.1) is 5.82 Å². The summed E-state index contributed by atoms with van der Waals surface area (Å²) in [5.41, 5.74) is -0.220. The summed E-state index contributed by atoms with van der Waals surface area (Å²) >= 11 is 0. The van der Waals surface area contributed by atoms with Crippen LogP contribution in [0.1, 0.15) is 17.3 Å². The minimum Gasteiger partial charge on any atom is -0.505 e. The summed E-state index contributed by atoms with van der Waals surface area (Å²) < 4.78 is 17.9. The topological polar surface area (TPSA) is 46.5 Å². The molecule has 13 heavy (non-hydrogen) atoms. The quantitative estimate of drug-likeness (QED) is 0.712. The number of benzene rings is 1. The van der Waals surface area contributed by atoms with Gasteiger partial charge in [0.2, 0.25) is 0 Å². The van der Waals surface area contributed by atoms with E-state index in [4.69, 9.17) is 9.84 Å². The van der Waals surface area contributed by atoms with E-state index >= 15 is 0 Å².